The number of anilines is 1. The van der Waals surface area contributed by atoms with Crippen LogP contribution >= 0.6 is 11.6 Å². The number of amides is 1. The standard InChI is InChI=1S/C8H9ClN4O3/c1-4(7(10)14)12-8-6(13(15)16)2-5(9)3-11-8/h2-4H,1H3,(H2,10,14)(H,11,12). The number of aromatic nitrogens is 1. The maximum atomic E-state index is 10.8. The van der Waals surface area contributed by atoms with E-state index >= 15 is 0 Å². The quantitative estimate of drug-likeness (QED) is 0.604. The summed E-state index contributed by atoms with van der Waals surface area (Å²) in [4.78, 5) is 24.5. The number of pyridine rings is 1. The van der Waals surface area contributed by atoms with Crippen molar-refractivity contribution in [3.63, 3.8) is 0 Å². The van der Waals surface area contributed by atoms with Crippen molar-refractivity contribution in [2.24, 2.45) is 5.73 Å². The molecule has 0 saturated carbocycles. The zero-order valence-electron chi connectivity index (χ0n) is 8.31. The highest BCUT2D eigenvalue weighted by Gasteiger charge is 2.19. The highest BCUT2D eigenvalue weighted by Crippen LogP contribution is 2.25. The van der Waals surface area contributed by atoms with Crippen molar-refractivity contribution in [1.29, 1.82) is 0 Å². The van der Waals surface area contributed by atoms with E-state index in [2.05, 4.69) is 10.3 Å². The number of hydrogen-bond acceptors (Lipinski definition) is 5. The monoisotopic (exact) mass is 244 g/mol. The Morgan fingerprint density at radius 1 is 1.75 bits per heavy atom. The van der Waals surface area contributed by atoms with Gasteiger partial charge in [-0.25, -0.2) is 4.98 Å². The average Bonchev–Trinajstić information content (AvgIpc) is 2.20. The maximum absolute atomic E-state index is 10.8. The molecule has 16 heavy (non-hydrogen) atoms. The average molecular weight is 245 g/mol. The third kappa shape index (κ3) is 2.80. The molecule has 0 saturated heterocycles. The molecule has 1 aromatic heterocycles. The minimum Gasteiger partial charge on any atom is -0.368 e. The van der Waals surface area contributed by atoms with Gasteiger partial charge < -0.3 is 11.1 Å². The van der Waals surface area contributed by atoms with Crippen LogP contribution in [0, 0.1) is 10.1 Å². The van der Waals surface area contributed by atoms with E-state index in [0.29, 0.717) is 0 Å². The van der Waals surface area contributed by atoms with Crippen molar-refractivity contribution >= 4 is 29.0 Å². The van der Waals surface area contributed by atoms with Crippen LogP contribution in [0.3, 0.4) is 0 Å². The summed E-state index contributed by atoms with van der Waals surface area (Å²) < 4.78 is 0. The van der Waals surface area contributed by atoms with Crippen LogP contribution in [0.5, 0.6) is 0 Å². The van der Waals surface area contributed by atoms with Crippen LogP contribution < -0.4 is 11.1 Å². The molecule has 1 amide bonds. The minimum atomic E-state index is -0.757. The molecule has 0 aliphatic carbocycles. The second-order valence-electron chi connectivity index (χ2n) is 3.05. The Morgan fingerprint density at radius 2 is 2.38 bits per heavy atom. The number of rotatable bonds is 4. The van der Waals surface area contributed by atoms with E-state index in [-0.39, 0.29) is 16.5 Å². The number of primary amides is 1. The van der Waals surface area contributed by atoms with Crippen molar-refractivity contribution in [1.82, 2.24) is 4.98 Å². The highest BCUT2D eigenvalue weighted by molar-refractivity contribution is 6.30. The highest BCUT2D eigenvalue weighted by atomic mass is 35.5. The van der Waals surface area contributed by atoms with Gasteiger partial charge in [0, 0.05) is 12.3 Å². The summed E-state index contributed by atoms with van der Waals surface area (Å²) in [6.07, 6.45) is 1.24. The van der Waals surface area contributed by atoms with Gasteiger partial charge in [-0.1, -0.05) is 11.6 Å². The lowest BCUT2D eigenvalue weighted by molar-refractivity contribution is -0.384. The molecule has 0 aliphatic rings. The van der Waals surface area contributed by atoms with E-state index in [1.807, 2.05) is 0 Å². The van der Waals surface area contributed by atoms with Gasteiger partial charge in [-0.05, 0) is 6.92 Å². The van der Waals surface area contributed by atoms with Gasteiger partial charge in [0.2, 0.25) is 11.7 Å². The lowest BCUT2D eigenvalue weighted by Crippen LogP contribution is -2.33. The number of nitro groups is 1. The van der Waals surface area contributed by atoms with Crippen molar-refractivity contribution in [2.45, 2.75) is 13.0 Å². The molecular formula is C8H9ClN4O3. The zero-order valence-corrected chi connectivity index (χ0v) is 9.06. The summed E-state index contributed by atoms with van der Waals surface area (Å²) in [5.41, 5.74) is 4.71. The van der Waals surface area contributed by atoms with E-state index in [1.165, 1.54) is 13.1 Å². The summed E-state index contributed by atoms with van der Waals surface area (Å²) in [5, 5.41) is 13.4. The summed E-state index contributed by atoms with van der Waals surface area (Å²) >= 11 is 5.57. The fraction of sp³-hybridized carbons (Fsp3) is 0.250. The van der Waals surface area contributed by atoms with Gasteiger partial charge in [0.05, 0.1) is 9.95 Å². The summed E-state index contributed by atoms with van der Waals surface area (Å²) in [7, 11) is 0. The largest absolute Gasteiger partial charge is 0.368 e. The molecule has 7 nitrogen and oxygen atoms in total. The predicted molar refractivity (Wildman–Crippen MR) is 58.2 cm³/mol. The number of nitrogens with one attached hydrogen (secondary N) is 1. The van der Waals surface area contributed by atoms with E-state index in [4.69, 9.17) is 17.3 Å². The Hall–Kier alpha value is -1.89. The molecule has 0 radical (unpaired) electrons. The zero-order chi connectivity index (χ0) is 12.3. The first-order chi connectivity index (χ1) is 7.41. The van der Waals surface area contributed by atoms with Crippen LogP contribution in [0.2, 0.25) is 5.02 Å². The fourth-order valence-corrected chi connectivity index (χ4v) is 1.11. The van der Waals surface area contributed by atoms with Gasteiger partial charge >= 0.3 is 5.69 Å². The molecule has 0 aromatic carbocycles. The van der Waals surface area contributed by atoms with E-state index in [9.17, 15) is 14.9 Å². The van der Waals surface area contributed by atoms with Crippen LogP contribution in [-0.4, -0.2) is 21.9 Å². The lowest BCUT2D eigenvalue weighted by Gasteiger charge is -2.10. The van der Waals surface area contributed by atoms with E-state index < -0.39 is 16.9 Å². The van der Waals surface area contributed by atoms with Crippen molar-refractivity contribution in [2.75, 3.05) is 5.32 Å². The molecule has 1 aromatic rings. The second kappa shape index (κ2) is 4.75. The Labute approximate surface area is 95.8 Å². The molecule has 1 unspecified atom stereocenters. The molecule has 0 spiro atoms. The summed E-state index contributed by atoms with van der Waals surface area (Å²) in [6.45, 7) is 1.47. The van der Waals surface area contributed by atoms with Gasteiger partial charge in [-0.2, -0.15) is 0 Å². The minimum absolute atomic E-state index is 0.0410. The molecule has 0 aliphatic heterocycles. The Kier molecular flexibility index (Phi) is 3.62. The van der Waals surface area contributed by atoms with E-state index in [0.717, 1.165) is 6.07 Å². The van der Waals surface area contributed by atoms with Crippen LogP contribution in [-0.2, 0) is 4.79 Å². The van der Waals surface area contributed by atoms with Crippen molar-refractivity contribution < 1.29 is 9.72 Å². The molecular weight excluding hydrogens is 236 g/mol. The third-order valence-corrected chi connectivity index (χ3v) is 2.02. The van der Waals surface area contributed by atoms with Crippen molar-refractivity contribution in [3.8, 4) is 0 Å². The maximum Gasteiger partial charge on any atom is 0.312 e. The molecule has 0 bridgehead atoms. The second-order valence-corrected chi connectivity index (χ2v) is 3.48. The lowest BCUT2D eigenvalue weighted by atomic mass is 10.3. The first kappa shape index (κ1) is 12.2. The molecule has 1 heterocycles. The first-order valence-corrected chi connectivity index (χ1v) is 4.65. The van der Waals surface area contributed by atoms with Crippen LogP contribution in [0.4, 0.5) is 11.5 Å². The molecule has 0 fully saturated rings. The SMILES string of the molecule is CC(Nc1ncc(Cl)cc1[N+](=O)[O-])C(N)=O. The fourth-order valence-electron chi connectivity index (χ4n) is 0.955. The molecule has 86 valence electrons. The number of halogens is 1. The van der Waals surface area contributed by atoms with E-state index in [1.54, 1.807) is 0 Å². The number of nitrogens with two attached hydrogens (primary N) is 1. The van der Waals surface area contributed by atoms with Gasteiger partial charge in [-0.15, -0.1) is 0 Å². The number of hydrogen-bond donors (Lipinski definition) is 2. The topological polar surface area (TPSA) is 111 Å². The van der Waals surface area contributed by atoms with Gasteiger partial charge in [-0.3, -0.25) is 14.9 Å². The van der Waals surface area contributed by atoms with Crippen LogP contribution in [0.15, 0.2) is 12.3 Å². The van der Waals surface area contributed by atoms with Crippen LogP contribution in [0.25, 0.3) is 0 Å². The summed E-state index contributed by atoms with van der Waals surface area (Å²) in [6, 6.07) is 0.386. The Balaban J connectivity index is 3.04. The molecule has 8 heteroatoms. The number of nitrogens with zero attached hydrogens (tertiary/aromatic N) is 2. The molecule has 3 N–H and O–H groups in total. The predicted octanol–water partition coefficient (Wildman–Crippen LogP) is 0.929. The van der Waals surface area contributed by atoms with Gasteiger partial charge in [0.25, 0.3) is 0 Å². The van der Waals surface area contributed by atoms with Gasteiger partial charge in [0.15, 0.2) is 0 Å². The molecule has 1 atom stereocenters. The molecule has 1 rings (SSSR count). The van der Waals surface area contributed by atoms with Gasteiger partial charge in [0.1, 0.15) is 6.04 Å². The van der Waals surface area contributed by atoms with Crippen molar-refractivity contribution in [3.05, 3.63) is 27.4 Å². The first-order valence-electron chi connectivity index (χ1n) is 4.27. The third-order valence-electron chi connectivity index (χ3n) is 1.81. The van der Waals surface area contributed by atoms with Crippen LogP contribution in [0.1, 0.15) is 6.92 Å². The number of carbonyl (C=O) groups is 1. The Morgan fingerprint density at radius 3 is 2.88 bits per heavy atom. The normalized spacial score (nSPS) is 11.9. The number of carbonyl (C=O) groups excluding carboxylic acids is 1. The summed E-state index contributed by atoms with van der Waals surface area (Å²) in [5.74, 6) is -0.674. The smallest absolute Gasteiger partial charge is 0.312 e. The Bertz CT molecular complexity index is 437.